The maximum absolute atomic E-state index is 12.1. The van der Waals surface area contributed by atoms with Crippen LogP contribution in [0, 0.1) is 6.92 Å². The topological polar surface area (TPSA) is 103 Å². The highest BCUT2D eigenvalue weighted by molar-refractivity contribution is 7.89. The van der Waals surface area contributed by atoms with Crippen molar-refractivity contribution >= 4 is 33.0 Å². The zero-order valence-corrected chi connectivity index (χ0v) is 15.6. The molecule has 140 valence electrons. The van der Waals surface area contributed by atoms with Crippen LogP contribution in [0.2, 0.25) is 0 Å². The Morgan fingerprint density at radius 1 is 1.15 bits per heavy atom. The van der Waals surface area contributed by atoms with Gasteiger partial charge in [0.05, 0.1) is 11.1 Å². The van der Waals surface area contributed by atoms with Gasteiger partial charge in [-0.3, -0.25) is 4.79 Å². The van der Waals surface area contributed by atoms with Crippen molar-refractivity contribution in [1.82, 2.24) is 15.1 Å². The Hall–Kier alpha value is -2.97. The van der Waals surface area contributed by atoms with Gasteiger partial charge in [0.1, 0.15) is 0 Å². The summed E-state index contributed by atoms with van der Waals surface area (Å²) < 4.78 is 26.7. The number of hydrazone groups is 1. The van der Waals surface area contributed by atoms with Gasteiger partial charge < -0.3 is 4.98 Å². The lowest BCUT2D eigenvalue weighted by Crippen LogP contribution is -2.29. The van der Waals surface area contributed by atoms with Gasteiger partial charge in [0, 0.05) is 35.6 Å². The molecule has 1 amide bonds. The van der Waals surface area contributed by atoms with Crippen LogP contribution in [0.25, 0.3) is 10.9 Å². The van der Waals surface area contributed by atoms with Gasteiger partial charge in [-0.15, -0.1) is 0 Å². The van der Waals surface area contributed by atoms with Crippen LogP contribution >= 0.6 is 0 Å². The molecule has 8 heteroatoms. The molecule has 3 aromatic rings. The lowest BCUT2D eigenvalue weighted by atomic mass is 10.2. The number of H-pyrrole nitrogens is 1. The standard InChI is InChI=1S/C19H20N4O3S/c1-14-6-8-16(9-7-14)27(25,26)22-11-10-19(24)23-21-13-15-12-20-18-5-3-2-4-17(15)18/h2-9,12-13,20,22H,10-11H2,1H3,(H,23,24). The molecule has 0 fully saturated rings. The minimum Gasteiger partial charge on any atom is -0.361 e. The Bertz CT molecular complexity index is 1070. The van der Waals surface area contributed by atoms with Crippen molar-refractivity contribution in [2.24, 2.45) is 5.10 Å². The van der Waals surface area contributed by atoms with E-state index in [1.807, 2.05) is 31.2 Å². The summed E-state index contributed by atoms with van der Waals surface area (Å²) in [4.78, 5) is 15.1. The number of hydrogen-bond donors (Lipinski definition) is 3. The third-order valence-electron chi connectivity index (χ3n) is 3.99. The molecule has 0 aliphatic heterocycles. The van der Waals surface area contributed by atoms with Gasteiger partial charge >= 0.3 is 0 Å². The molecule has 0 saturated heterocycles. The normalized spacial score (nSPS) is 11.9. The fraction of sp³-hybridized carbons (Fsp3) is 0.158. The monoisotopic (exact) mass is 384 g/mol. The van der Waals surface area contributed by atoms with Crippen LogP contribution in [0.1, 0.15) is 17.5 Å². The fourth-order valence-corrected chi connectivity index (χ4v) is 3.56. The molecular weight excluding hydrogens is 364 g/mol. The molecule has 0 radical (unpaired) electrons. The van der Waals surface area contributed by atoms with Gasteiger partial charge in [0.25, 0.3) is 0 Å². The highest BCUT2D eigenvalue weighted by atomic mass is 32.2. The first kappa shape index (κ1) is 18.8. The van der Waals surface area contributed by atoms with Gasteiger partial charge in [0.2, 0.25) is 15.9 Å². The highest BCUT2D eigenvalue weighted by Gasteiger charge is 2.13. The van der Waals surface area contributed by atoms with E-state index >= 15 is 0 Å². The average molecular weight is 384 g/mol. The van der Waals surface area contributed by atoms with Crippen molar-refractivity contribution < 1.29 is 13.2 Å². The van der Waals surface area contributed by atoms with E-state index < -0.39 is 10.0 Å². The number of carbonyl (C=O) groups excluding carboxylic acids is 1. The molecule has 0 aliphatic carbocycles. The fourth-order valence-electron chi connectivity index (χ4n) is 2.53. The molecular formula is C19H20N4O3S. The lowest BCUT2D eigenvalue weighted by Gasteiger charge is -2.06. The van der Waals surface area contributed by atoms with Crippen molar-refractivity contribution in [3.05, 3.63) is 65.9 Å². The van der Waals surface area contributed by atoms with Gasteiger partial charge in [0.15, 0.2) is 0 Å². The van der Waals surface area contributed by atoms with E-state index in [1.165, 1.54) is 12.1 Å². The van der Waals surface area contributed by atoms with Crippen LogP contribution < -0.4 is 10.1 Å². The summed E-state index contributed by atoms with van der Waals surface area (Å²) in [6.45, 7) is 1.87. The minimum atomic E-state index is -3.63. The molecule has 1 aromatic heterocycles. The number of para-hydroxylation sites is 1. The second-order valence-corrected chi connectivity index (χ2v) is 7.81. The maximum atomic E-state index is 12.1. The van der Waals surface area contributed by atoms with E-state index in [0.717, 1.165) is 22.0 Å². The van der Waals surface area contributed by atoms with Gasteiger partial charge in [-0.2, -0.15) is 5.10 Å². The second-order valence-electron chi connectivity index (χ2n) is 6.04. The summed E-state index contributed by atoms with van der Waals surface area (Å²) in [5, 5.41) is 4.93. The van der Waals surface area contributed by atoms with Crippen LogP contribution in [0.3, 0.4) is 0 Å². The zero-order valence-electron chi connectivity index (χ0n) is 14.8. The van der Waals surface area contributed by atoms with Gasteiger partial charge in [-0.25, -0.2) is 18.6 Å². The second kappa shape index (κ2) is 8.15. The van der Waals surface area contributed by atoms with Gasteiger partial charge in [-0.05, 0) is 25.1 Å². The van der Waals surface area contributed by atoms with Crippen LogP contribution in [0.5, 0.6) is 0 Å². The quantitative estimate of drug-likeness (QED) is 0.430. The Labute approximate surface area is 157 Å². The van der Waals surface area contributed by atoms with Crippen molar-refractivity contribution in [3.8, 4) is 0 Å². The molecule has 0 aliphatic rings. The lowest BCUT2D eigenvalue weighted by molar-refractivity contribution is -0.120. The molecule has 3 rings (SSSR count). The largest absolute Gasteiger partial charge is 0.361 e. The molecule has 1 heterocycles. The minimum absolute atomic E-state index is 0.00928. The molecule has 0 unspecified atom stereocenters. The van der Waals surface area contributed by atoms with Crippen molar-refractivity contribution in [1.29, 1.82) is 0 Å². The van der Waals surface area contributed by atoms with Crippen LogP contribution in [0.15, 0.2) is 64.7 Å². The predicted octanol–water partition coefficient (Wildman–Crippen LogP) is 2.30. The molecule has 3 N–H and O–H groups in total. The smallest absolute Gasteiger partial charge is 0.241 e. The van der Waals surface area contributed by atoms with Crippen molar-refractivity contribution in [3.63, 3.8) is 0 Å². The number of aryl methyl sites for hydroxylation is 1. The number of aromatic nitrogens is 1. The number of nitrogens with zero attached hydrogens (tertiary/aromatic N) is 1. The summed E-state index contributed by atoms with van der Waals surface area (Å²) in [7, 11) is -3.63. The Morgan fingerprint density at radius 2 is 1.89 bits per heavy atom. The average Bonchev–Trinajstić information content (AvgIpc) is 3.05. The number of amides is 1. The molecule has 2 aromatic carbocycles. The SMILES string of the molecule is Cc1ccc(S(=O)(=O)NCCC(=O)NN=Cc2c[nH]c3ccccc23)cc1. The van der Waals surface area contributed by atoms with Crippen molar-refractivity contribution in [2.75, 3.05) is 6.54 Å². The Kier molecular flexibility index (Phi) is 5.68. The zero-order chi connectivity index (χ0) is 19.3. The number of aromatic amines is 1. The summed E-state index contributed by atoms with van der Waals surface area (Å²) in [6, 6.07) is 14.3. The maximum Gasteiger partial charge on any atom is 0.241 e. The first-order valence-corrected chi connectivity index (χ1v) is 9.88. The first-order chi connectivity index (χ1) is 13.0. The summed E-state index contributed by atoms with van der Waals surface area (Å²) in [5.74, 6) is -0.377. The number of sulfonamides is 1. The number of hydrogen-bond acceptors (Lipinski definition) is 4. The molecule has 7 nitrogen and oxygen atoms in total. The molecule has 0 bridgehead atoms. The first-order valence-electron chi connectivity index (χ1n) is 8.40. The van der Waals surface area contributed by atoms with E-state index in [1.54, 1.807) is 24.5 Å². The summed E-state index contributed by atoms with van der Waals surface area (Å²) in [6.07, 6.45) is 3.33. The van der Waals surface area contributed by atoms with E-state index in [9.17, 15) is 13.2 Å². The molecule has 0 saturated carbocycles. The number of nitrogens with one attached hydrogen (secondary N) is 3. The van der Waals surface area contributed by atoms with Crippen LogP contribution in [-0.4, -0.2) is 32.1 Å². The number of benzene rings is 2. The van der Waals surface area contributed by atoms with E-state index in [4.69, 9.17) is 0 Å². The molecule has 0 atom stereocenters. The third kappa shape index (κ3) is 4.81. The number of carbonyl (C=O) groups is 1. The third-order valence-corrected chi connectivity index (χ3v) is 5.47. The van der Waals surface area contributed by atoms with E-state index in [0.29, 0.717) is 0 Å². The van der Waals surface area contributed by atoms with E-state index in [2.05, 4.69) is 20.2 Å². The van der Waals surface area contributed by atoms with Crippen molar-refractivity contribution in [2.45, 2.75) is 18.2 Å². The Balaban J connectivity index is 1.49. The van der Waals surface area contributed by atoms with Crippen LogP contribution in [0.4, 0.5) is 0 Å². The highest BCUT2D eigenvalue weighted by Crippen LogP contribution is 2.15. The summed E-state index contributed by atoms with van der Waals surface area (Å²) >= 11 is 0. The number of rotatable bonds is 7. The molecule has 27 heavy (non-hydrogen) atoms. The Morgan fingerprint density at radius 3 is 2.67 bits per heavy atom. The predicted molar refractivity (Wildman–Crippen MR) is 105 cm³/mol. The number of fused-ring (bicyclic) bond motifs is 1. The van der Waals surface area contributed by atoms with Crippen LogP contribution in [-0.2, 0) is 14.8 Å². The van der Waals surface area contributed by atoms with E-state index in [-0.39, 0.29) is 23.8 Å². The summed E-state index contributed by atoms with van der Waals surface area (Å²) in [5.41, 5.74) is 5.21. The van der Waals surface area contributed by atoms with Gasteiger partial charge in [-0.1, -0.05) is 35.9 Å². The molecule has 0 spiro atoms.